The van der Waals surface area contributed by atoms with Gasteiger partial charge >= 0.3 is 0 Å². The van der Waals surface area contributed by atoms with E-state index in [1.54, 1.807) is 6.07 Å². The number of pyridine rings is 1. The van der Waals surface area contributed by atoms with E-state index in [9.17, 15) is 9.59 Å². The van der Waals surface area contributed by atoms with Crippen LogP contribution in [0.2, 0.25) is 0 Å². The van der Waals surface area contributed by atoms with E-state index >= 15 is 0 Å². The number of fused-ring (bicyclic) bond motifs is 2. The molecule has 30 heavy (non-hydrogen) atoms. The van der Waals surface area contributed by atoms with E-state index in [-0.39, 0.29) is 11.1 Å². The SMILES string of the molecule is O=c1c2ccc3oc4ccccc4c4ccc(c(=O)n1CCN1CCNCC1)c2c34. The Kier molecular flexibility index (Phi) is 3.91. The summed E-state index contributed by atoms with van der Waals surface area (Å²) in [5.41, 5.74) is 1.05. The zero-order chi connectivity index (χ0) is 20.2. The van der Waals surface area contributed by atoms with Gasteiger partial charge in [0.1, 0.15) is 11.2 Å². The fraction of sp³-hybridized carbons (Fsp3) is 0.250. The van der Waals surface area contributed by atoms with Gasteiger partial charge in [0.05, 0.1) is 0 Å². The Hall–Kier alpha value is -3.22. The molecular weight excluding hydrogens is 378 g/mol. The molecule has 6 nitrogen and oxygen atoms in total. The third kappa shape index (κ3) is 2.51. The zero-order valence-corrected chi connectivity index (χ0v) is 16.5. The van der Waals surface area contributed by atoms with Crippen molar-refractivity contribution >= 4 is 43.5 Å². The molecule has 2 aromatic heterocycles. The third-order valence-electron chi connectivity index (χ3n) is 6.32. The molecule has 1 aliphatic rings. The van der Waals surface area contributed by atoms with Crippen molar-refractivity contribution in [1.29, 1.82) is 0 Å². The molecule has 0 spiro atoms. The molecule has 3 aromatic carbocycles. The number of hydrogen-bond acceptors (Lipinski definition) is 5. The van der Waals surface area contributed by atoms with Crippen LogP contribution in [-0.4, -0.2) is 42.2 Å². The maximum absolute atomic E-state index is 13.3. The van der Waals surface area contributed by atoms with Crippen LogP contribution in [0.25, 0.3) is 43.5 Å². The minimum absolute atomic E-state index is 0.217. The summed E-state index contributed by atoms with van der Waals surface area (Å²) in [5.74, 6) is 0. The molecule has 1 N–H and O–H groups in total. The molecule has 0 atom stereocenters. The highest BCUT2D eigenvalue weighted by Crippen LogP contribution is 2.36. The summed E-state index contributed by atoms with van der Waals surface area (Å²) in [5, 5.41) is 8.03. The van der Waals surface area contributed by atoms with Crippen LogP contribution in [0.4, 0.5) is 0 Å². The fourth-order valence-corrected chi connectivity index (χ4v) is 4.79. The normalized spacial score (nSPS) is 15.7. The average molecular weight is 399 g/mol. The number of rotatable bonds is 3. The van der Waals surface area contributed by atoms with Gasteiger partial charge in [-0.25, -0.2) is 0 Å². The number of para-hydroxylation sites is 1. The largest absolute Gasteiger partial charge is 0.456 e. The van der Waals surface area contributed by atoms with Gasteiger partial charge in [-0.05, 0) is 29.7 Å². The molecule has 6 heteroatoms. The van der Waals surface area contributed by atoms with Crippen LogP contribution < -0.4 is 16.4 Å². The topological polar surface area (TPSA) is 67.5 Å². The van der Waals surface area contributed by atoms with E-state index in [1.165, 1.54) is 4.57 Å². The standard InChI is InChI=1S/C24H21N3O3/c28-23-17-6-5-16-15-3-1-2-4-19(15)30-20-8-7-18(21(17)22(16)20)24(29)27(23)14-13-26-11-9-25-10-12-26/h1-8,25H,9-14H2. The zero-order valence-electron chi connectivity index (χ0n) is 16.5. The number of hydrogen-bond donors (Lipinski definition) is 1. The molecule has 1 saturated heterocycles. The first-order chi connectivity index (χ1) is 14.7. The lowest BCUT2D eigenvalue weighted by Gasteiger charge is -2.27. The summed E-state index contributed by atoms with van der Waals surface area (Å²) in [6, 6.07) is 15.3. The molecule has 0 unspecified atom stereocenters. The van der Waals surface area contributed by atoms with Crippen molar-refractivity contribution in [2.24, 2.45) is 0 Å². The van der Waals surface area contributed by atoms with Gasteiger partial charge in [0.2, 0.25) is 0 Å². The summed E-state index contributed by atoms with van der Waals surface area (Å²) in [4.78, 5) is 28.9. The van der Waals surface area contributed by atoms with Crippen molar-refractivity contribution in [2.45, 2.75) is 6.54 Å². The molecule has 1 aliphatic heterocycles. The highest BCUT2D eigenvalue weighted by Gasteiger charge is 2.19. The summed E-state index contributed by atoms with van der Waals surface area (Å²) >= 11 is 0. The van der Waals surface area contributed by atoms with E-state index in [0.29, 0.717) is 34.8 Å². The monoisotopic (exact) mass is 399 g/mol. The maximum atomic E-state index is 13.3. The Labute approximate surface area is 171 Å². The molecule has 3 heterocycles. The predicted molar refractivity (Wildman–Crippen MR) is 120 cm³/mol. The van der Waals surface area contributed by atoms with Crippen LogP contribution in [0.3, 0.4) is 0 Å². The number of nitrogens with one attached hydrogen (secondary N) is 1. The minimum atomic E-state index is -0.217. The molecule has 0 amide bonds. The quantitative estimate of drug-likeness (QED) is 0.373. The lowest BCUT2D eigenvalue weighted by atomic mass is 9.96. The number of benzene rings is 3. The molecule has 0 radical (unpaired) electrons. The summed E-state index contributed by atoms with van der Waals surface area (Å²) in [7, 11) is 0. The van der Waals surface area contributed by atoms with Crippen LogP contribution in [0.1, 0.15) is 0 Å². The van der Waals surface area contributed by atoms with Crippen LogP contribution in [0.5, 0.6) is 0 Å². The lowest BCUT2D eigenvalue weighted by molar-refractivity contribution is 0.231. The van der Waals surface area contributed by atoms with E-state index in [1.807, 2.05) is 42.5 Å². The van der Waals surface area contributed by atoms with E-state index in [2.05, 4.69) is 10.2 Å². The van der Waals surface area contributed by atoms with Gasteiger partial charge < -0.3 is 9.73 Å². The lowest BCUT2D eigenvalue weighted by Crippen LogP contribution is -2.46. The van der Waals surface area contributed by atoms with Crippen molar-refractivity contribution in [3.63, 3.8) is 0 Å². The van der Waals surface area contributed by atoms with Crippen molar-refractivity contribution in [3.8, 4) is 0 Å². The first kappa shape index (κ1) is 17.6. The van der Waals surface area contributed by atoms with E-state index in [0.717, 1.165) is 47.9 Å². The molecule has 6 rings (SSSR count). The maximum Gasteiger partial charge on any atom is 0.261 e. The van der Waals surface area contributed by atoms with Gasteiger partial charge in [-0.2, -0.15) is 0 Å². The van der Waals surface area contributed by atoms with Crippen LogP contribution in [0, 0.1) is 0 Å². The van der Waals surface area contributed by atoms with Gasteiger partial charge in [0.15, 0.2) is 0 Å². The molecule has 150 valence electrons. The van der Waals surface area contributed by atoms with Gasteiger partial charge in [-0.1, -0.05) is 24.3 Å². The van der Waals surface area contributed by atoms with Crippen molar-refractivity contribution in [1.82, 2.24) is 14.8 Å². The highest BCUT2D eigenvalue weighted by atomic mass is 16.3. The first-order valence-electron chi connectivity index (χ1n) is 10.4. The number of piperazine rings is 1. The predicted octanol–water partition coefficient (Wildman–Crippen LogP) is 2.76. The van der Waals surface area contributed by atoms with Crippen molar-refractivity contribution < 1.29 is 4.42 Å². The second-order valence-corrected chi connectivity index (χ2v) is 7.97. The smallest absolute Gasteiger partial charge is 0.261 e. The molecule has 0 saturated carbocycles. The van der Waals surface area contributed by atoms with Gasteiger partial charge in [0, 0.05) is 66.2 Å². The average Bonchev–Trinajstić information content (AvgIpc) is 2.79. The summed E-state index contributed by atoms with van der Waals surface area (Å²) in [6.07, 6.45) is 0. The molecule has 1 fully saturated rings. The van der Waals surface area contributed by atoms with Crippen LogP contribution in [0.15, 0.2) is 62.5 Å². The Morgan fingerprint density at radius 1 is 0.733 bits per heavy atom. The first-order valence-corrected chi connectivity index (χ1v) is 10.4. The second kappa shape index (κ2) is 6.65. The minimum Gasteiger partial charge on any atom is -0.456 e. The molecule has 5 aromatic rings. The molecular formula is C24H21N3O3. The van der Waals surface area contributed by atoms with Gasteiger partial charge in [-0.3, -0.25) is 19.1 Å². The Morgan fingerprint density at radius 3 is 2.23 bits per heavy atom. The van der Waals surface area contributed by atoms with E-state index < -0.39 is 0 Å². The van der Waals surface area contributed by atoms with Gasteiger partial charge in [-0.15, -0.1) is 0 Å². The number of nitrogens with zero attached hydrogens (tertiary/aromatic N) is 2. The third-order valence-corrected chi connectivity index (χ3v) is 6.32. The number of aromatic nitrogens is 1. The Bertz CT molecular complexity index is 1490. The van der Waals surface area contributed by atoms with Crippen LogP contribution >= 0.6 is 0 Å². The van der Waals surface area contributed by atoms with Crippen molar-refractivity contribution in [2.75, 3.05) is 32.7 Å². The highest BCUT2D eigenvalue weighted by molar-refractivity contribution is 6.26. The molecule has 0 bridgehead atoms. The molecule has 0 aliphatic carbocycles. The van der Waals surface area contributed by atoms with Crippen LogP contribution in [-0.2, 0) is 6.54 Å². The van der Waals surface area contributed by atoms with Gasteiger partial charge in [0.25, 0.3) is 11.1 Å². The van der Waals surface area contributed by atoms with Crippen molar-refractivity contribution in [3.05, 3.63) is 69.2 Å². The summed E-state index contributed by atoms with van der Waals surface area (Å²) in [6.45, 7) is 4.86. The Balaban J connectivity index is 1.60. The van der Waals surface area contributed by atoms with E-state index in [4.69, 9.17) is 4.42 Å². The Morgan fingerprint density at radius 2 is 1.43 bits per heavy atom. The second-order valence-electron chi connectivity index (χ2n) is 7.97. The summed E-state index contributed by atoms with van der Waals surface area (Å²) < 4.78 is 7.51. The fourth-order valence-electron chi connectivity index (χ4n) is 4.79.